The molecular weight excluding hydrogens is 488 g/mol. The first-order valence-electron chi connectivity index (χ1n) is 10.8. The quantitative estimate of drug-likeness (QED) is 0.332. The molecule has 0 aliphatic rings. The van der Waals surface area contributed by atoms with E-state index in [2.05, 4.69) is 57.4 Å². The molecule has 170 valence electrons. The SMILES string of the molecule is CCc1cccc(CC)c1NC(=O)CSc1nnc(C(C)Oc2ccc(Br)cc2)n1CC. The molecule has 0 spiro atoms. The van der Waals surface area contributed by atoms with Gasteiger partial charge in [0.05, 0.1) is 5.75 Å². The number of para-hydroxylation sites is 1. The maximum Gasteiger partial charge on any atom is 0.234 e. The van der Waals surface area contributed by atoms with Gasteiger partial charge >= 0.3 is 0 Å². The van der Waals surface area contributed by atoms with Gasteiger partial charge in [0.1, 0.15) is 5.75 Å². The zero-order valence-corrected chi connectivity index (χ0v) is 21.3. The normalized spacial score (nSPS) is 11.9. The maximum absolute atomic E-state index is 12.7. The maximum atomic E-state index is 12.7. The Morgan fingerprint density at radius 2 is 1.75 bits per heavy atom. The van der Waals surface area contributed by atoms with E-state index in [4.69, 9.17) is 4.74 Å². The first-order valence-corrected chi connectivity index (χ1v) is 12.6. The summed E-state index contributed by atoms with van der Waals surface area (Å²) in [6.07, 6.45) is 1.48. The second kappa shape index (κ2) is 11.5. The first kappa shape index (κ1) is 24.3. The van der Waals surface area contributed by atoms with Crippen molar-refractivity contribution in [2.45, 2.75) is 58.3 Å². The minimum Gasteiger partial charge on any atom is -0.483 e. The Kier molecular flexibility index (Phi) is 8.75. The van der Waals surface area contributed by atoms with Crippen molar-refractivity contribution in [2.75, 3.05) is 11.1 Å². The number of benzene rings is 2. The lowest BCUT2D eigenvalue weighted by molar-refractivity contribution is -0.113. The van der Waals surface area contributed by atoms with Crippen LogP contribution in [0.25, 0.3) is 0 Å². The van der Waals surface area contributed by atoms with Gasteiger partial charge in [-0.15, -0.1) is 10.2 Å². The molecular formula is C24H29BrN4O2S. The van der Waals surface area contributed by atoms with E-state index in [1.807, 2.05) is 48.7 Å². The molecule has 0 bridgehead atoms. The lowest BCUT2D eigenvalue weighted by atomic mass is 10.0. The molecule has 1 amide bonds. The average Bonchev–Trinajstić information content (AvgIpc) is 3.22. The Bertz CT molecular complexity index is 1030. The lowest BCUT2D eigenvalue weighted by Gasteiger charge is -2.16. The molecule has 0 fully saturated rings. The number of aryl methyl sites for hydroxylation is 2. The van der Waals surface area contributed by atoms with Crippen molar-refractivity contribution in [3.8, 4) is 5.75 Å². The van der Waals surface area contributed by atoms with Crippen LogP contribution in [-0.4, -0.2) is 26.4 Å². The third-order valence-electron chi connectivity index (χ3n) is 5.15. The second-order valence-electron chi connectivity index (χ2n) is 7.29. The summed E-state index contributed by atoms with van der Waals surface area (Å²) in [5.41, 5.74) is 3.25. The van der Waals surface area contributed by atoms with Gasteiger partial charge in [-0.05, 0) is 62.1 Å². The van der Waals surface area contributed by atoms with Crippen LogP contribution in [0.1, 0.15) is 50.8 Å². The Balaban J connectivity index is 1.66. The molecule has 0 aliphatic heterocycles. The predicted molar refractivity (Wildman–Crippen MR) is 133 cm³/mol. The smallest absolute Gasteiger partial charge is 0.234 e. The molecule has 0 aliphatic carbocycles. The molecule has 0 radical (unpaired) electrons. The number of halogens is 1. The zero-order chi connectivity index (χ0) is 23.1. The molecule has 1 N–H and O–H groups in total. The van der Waals surface area contributed by atoms with E-state index in [0.29, 0.717) is 11.7 Å². The topological polar surface area (TPSA) is 69.0 Å². The van der Waals surface area contributed by atoms with Crippen LogP contribution in [0.15, 0.2) is 52.1 Å². The molecule has 6 nitrogen and oxygen atoms in total. The number of rotatable bonds is 10. The lowest BCUT2D eigenvalue weighted by Crippen LogP contribution is -2.17. The number of carbonyl (C=O) groups excluding carboxylic acids is 1. The minimum absolute atomic E-state index is 0.0445. The van der Waals surface area contributed by atoms with Gasteiger partial charge in [0.15, 0.2) is 17.1 Å². The van der Waals surface area contributed by atoms with Crippen LogP contribution >= 0.6 is 27.7 Å². The summed E-state index contributed by atoms with van der Waals surface area (Å²) < 4.78 is 9.03. The zero-order valence-electron chi connectivity index (χ0n) is 18.9. The molecule has 3 aromatic rings. The Morgan fingerprint density at radius 1 is 1.09 bits per heavy atom. The summed E-state index contributed by atoms with van der Waals surface area (Å²) in [7, 11) is 0. The molecule has 1 heterocycles. The standard InChI is InChI=1S/C24H29BrN4O2S/c1-5-17-9-8-10-18(6-2)22(17)26-21(30)15-32-24-28-27-23(29(24)7-3)16(4)31-20-13-11-19(25)12-14-20/h8-14,16H,5-7,15H2,1-4H3,(H,26,30). The molecule has 2 aromatic carbocycles. The molecule has 1 aromatic heterocycles. The number of amides is 1. The fourth-order valence-corrected chi connectivity index (χ4v) is 4.56. The van der Waals surface area contributed by atoms with E-state index < -0.39 is 0 Å². The van der Waals surface area contributed by atoms with Crippen molar-refractivity contribution in [1.29, 1.82) is 0 Å². The molecule has 8 heteroatoms. The second-order valence-corrected chi connectivity index (χ2v) is 9.15. The van der Waals surface area contributed by atoms with Gasteiger partial charge in [-0.25, -0.2) is 0 Å². The highest BCUT2D eigenvalue weighted by molar-refractivity contribution is 9.10. The van der Waals surface area contributed by atoms with E-state index in [9.17, 15) is 4.79 Å². The van der Waals surface area contributed by atoms with Gasteiger partial charge in [0.2, 0.25) is 5.91 Å². The third-order valence-corrected chi connectivity index (χ3v) is 6.64. The molecule has 1 atom stereocenters. The van der Waals surface area contributed by atoms with Crippen LogP contribution in [0, 0.1) is 0 Å². The number of ether oxygens (including phenoxy) is 1. The van der Waals surface area contributed by atoms with Crippen molar-refractivity contribution in [2.24, 2.45) is 0 Å². The molecule has 32 heavy (non-hydrogen) atoms. The monoisotopic (exact) mass is 516 g/mol. The van der Waals surface area contributed by atoms with Crippen molar-refractivity contribution >= 4 is 39.3 Å². The van der Waals surface area contributed by atoms with Crippen LogP contribution in [0.4, 0.5) is 5.69 Å². The van der Waals surface area contributed by atoms with Gasteiger partial charge in [0.25, 0.3) is 0 Å². The van der Waals surface area contributed by atoms with E-state index in [-0.39, 0.29) is 17.8 Å². The van der Waals surface area contributed by atoms with E-state index in [1.54, 1.807) is 0 Å². The van der Waals surface area contributed by atoms with Crippen molar-refractivity contribution in [3.63, 3.8) is 0 Å². The van der Waals surface area contributed by atoms with E-state index >= 15 is 0 Å². The summed E-state index contributed by atoms with van der Waals surface area (Å²) in [5, 5.41) is 12.5. The number of aromatic nitrogens is 3. The van der Waals surface area contributed by atoms with Crippen LogP contribution in [-0.2, 0) is 24.2 Å². The summed E-state index contributed by atoms with van der Waals surface area (Å²) in [4.78, 5) is 12.7. The van der Waals surface area contributed by atoms with Crippen molar-refractivity contribution in [3.05, 3.63) is 63.9 Å². The van der Waals surface area contributed by atoms with Gasteiger partial charge in [-0.1, -0.05) is 59.7 Å². The number of nitrogens with zero attached hydrogens (tertiary/aromatic N) is 3. The Labute approximate surface area is 202 Å². The molecule has 1 unspecified atom stereocenters. The highest BCUT2D eigenvalue weighted by atomic mass is 79.9. The summed E-state index contributed by atoms with van der Waals surface area (Å²) in [6.45, 7) is 8.88. The van der Waals surface area contributed by atoms with E-state index in [1.165, 1.54) is 11.8 Å². The number of hydrogen-bond acceptors (Lipinski definition) is 5. The Morgan fingerprint density at radius 3 is 2.34 bits per heavy atom. The molecule has 0 saturated heterocycles. The van der Waals surface area contributed by atoms with Crippen molar-refractivity contribution in [1.82, 2.24) is 14.8 Å². The van der Waals surface area contributed by atoms with Gasteiger partial charge in [-0.3, -0.25) is 4.79 Å². The van der Waals surface area contributed by atoms with Crippen LogP contribution in [0.5, 0.6) is 5.75 Å². The Hall–Kier alpha value is -2.32. The summed E-state index contributed by atoms with van der Waals surface area (Å²) in [5.74, 6) is 1.72. The van der Waals surface area contributed by atoms with E-state index in [0.717, 1.165) is 45.7 Å². The van der Waals surface area contributed by atoms with Crippen molar-refractivity contribution < 1.29 is 9.53 Å². The number of nitrogens with one attached hydrogen (secondary N) is 1. The largest absolute Gasteiger partial charge is 0.483 e. The predicted octanol–water partition coefficient (Wildman–Crippen LogP) is 6.06. The summed E-state index contributed by atoms with van der Waals surface area (Å²) >= 11 is 4.82. The van der Waals surface area contributed by atoms with Crippen LogP contribution in [0.2, 0.25) is 0 Å². The molecule has 0 saturated carbocycles. The number of carbonyl (C=O) groups is 1. The van der Waals surface area contributed by atoms with Gasteiger partial charge < -0.3 is 14.6 Å². The highest BCUT2D eigenvalue weighted by Gasteiger charge is 2.20. The first-order chi connectivity index (χ1) is 15.5. The third kappa shape index (κ3) is 5.92. The fraction of sp³-hybridized carbons (Fsp3) is 0.375. The van der Waals surface area contributed by atoms with Crippen LogP contribution < -0.4 is 10.1 Å². The highest BCUT2D eigenvalue weighted by Crippen LogP contribution is 2.27. The summed E-state index contributed by atoms with van der Waals surface area (Å²) in [6, 6.07) is 13.9. The average molecular weight is 517 g/mol. The molecule has 3 rings (SSSR count). The minimum atomic E-state index is -0.268. The fourth-order valence-electron chi connectivity index (χ4n) is 3.48. The number of thioether (sulfide) groups is 1. The van der Waals surface area contributed by atoms with Gasteiger partial charge in [-0.2, -0.15) is 0 Å². The number of hydrogen-bond donors (Lipinski definition) is 1. The van der Waals surface area contributed by atoms with Gasteiger partial charge in [0, 0.05) is 16.7 Å². The number of anilines is 1. The van der Waals surface area contributed by atoms with Crippen LogP contribution in [0.3, 0.4) is 0 Å².